The first kappa shape index (κ1) is 27.4. The maximum Gasteiger partial charge on any atom is 0.0159 e. The fraction of sp³-hybridized carbons (Fsp3) is 0.263. The Morgan fingerprint density at radius 2 is 0.895 bits per heavy atom. The van der Waals surface area contributed by atoms with Gasteiger partial charge in [-0.05, 0) is 102 Å². The van der Waals surface area contributed by atoms with Gasteiger partial charge < -0.3 is 0 Å². The van der Waals surface area contributed by atoms with E-state index in [1.807, 2.05) is 27.7 Å². The molecule has 6 aromatic carbocycles. The molecule has 0 heteroatoms. The molecule has 0 fully saturated rings. The molecule has 194 valence electrons. The van der Waals surface area contributed by atoms with Gasteiger partial charge in [0.2, 0.25) is 0 Å². The van der Waals surface area contributed by atoms with Crippen molar-refractivity contribution in [3.8, 4) is 11.1 Å². The van der Waals surface area contributed by atoms with Crippen LogP contribution in [0.4, 0.5) is 0 Å². The van der Waals surface area contributed by atoms with Crippen LogP contribution >= 0.6 is 0 Å². The monoisotopic (exact) mass is 498 g/mol. The summed E-state index contributed by atoms with van der Waals surface area (Å²) < 4.78 is 0. The van der Waals surface area contributed by atoms with Crippen molar-refractivity contribution in [2.45, 2.75) is 67.2 Å². The van der Waals surface area contributed by atoms with Crippen LogP contribution in [0, 0.1) is 0 Å². The molecule has 0 radical (unpaired) electrons. The molecule has 0 N–H and O–H groups in total. The third kappa shape index (κ3) is 4.58. The zero-order chi connectivity index (χ0) is 27.4. The van der Waals surface area contributed by atoms with Crippen molar-refractivity contribution < 1.29 is 0 Å². The fourth-order valence-electron chi connectivity index (χ4n) is 5.67. The zero-order valence-corrected chi connectivity index (χ0v) is 24.4. The maximum absolute atomic E-state index is 2.45. The Kier molecular flexibility index (Phi) is 8.22. The highest BCUT2D eigenvalue weighted by Gasteiger charge is 2.36. The Morgan fingerprint density at radius 1 is 0.447 bits per heavy atom. The number of rotatable bonds is 0. The summed E-state index contributed by atoms with van der Waals surface area (Å²) in [5.41, 5.74) is 5.63. The fourth-order valence-corrected chi connectivity index (χ4v) is 5.67. The zero-order valence-electron chi connectivity index (χ0n) is 24.4. The van der Waals surface area contributed by atoms with Crippen LogP contribution in [0.1, 0.15) is 72.9 Å². The lowest BCUT2D eigenvalue weighted by molar-refractivity contribution is 0.662. The molecule has 38 heavy (non-hydrogen) atoms. The molecule has 0 amide bonds. The molecule has 0 aromatic heterocycles. The molecule has 1 aliphatic rings. The van der Waals surface area contributed by atoms with Crippen LogP contribution in [0.2, 0.25) is 0 Å². The van der Waals surface area contributed by atoms with E-state index in [-0.39, 0.29) is 5.41 Å². The van der Waals surface area contributed by atoms with E-state index in [0.717, 1.165) is 0 Å². The summed E-state index contributed by atoms with van der Waals surface area (Å²) >= 11 is 0. The van der Waals surface area contributed by atoms with Crippen LogP contribution in [0.15, 0.2) is 97.1 Å². The first-order valence-electron chi connectivity index (χ1n) is 14.4. The average molecular weight is 499 g/mol. The molecule has 1 aliphatic carbocycles. The number of hydrogen-bond acceptors (Lipinski definition) is 0. The van der Waals surface area contributed by atoms with Crippen LogP contribution < -0.4 is 0 Å². The maximum atomic E-state index is 2.45. The Balaban J connectivity index is 0.000000443. The third-order valence-corrected chi connectivity index (χ3v) is 7.36. The molecule has 0 aliphatic heterocycles. The first-order valence-corrected chi connectivity index (χ1v) is 14.4. The van der Waals surface area contributed by atoms with Crippen molar-refractivity contribution in [3.63, 3.8) is 0 Å². The van der Waals surface area contributed by atoms with Gasteiger partial charge in [-0.25, -0.2) is 0 Å². The second-order valence-corrected chi connectivity index (χ2v) is 10.2. The van der Waals surface area contributed by atoms with Crippen LogP contribution in [0.25, 0.3) is 54.2 Å². The standard InChI is InChI=1S/C31H22.C3H8.2C2H6/c1-31(2)29-17-24-14-21-9-4-3-8-20(21)13-23(24)16-28(29)27-15-22-12-11-19-7-5-6-10-25(19)26(22)18-30(27)31;1-3-2;2*1-2/h3-18H,1-2H3;3H2,1-2H3;2*1-2H3. The highest BCUT2D eigenvalue weighted by Crippen LogP contribution is 2.51. The summed E-state index contributed by atoms with van der Waals surface area (Å²) in [5.74, 6) is 0. The second kappa shape index (κ2) is 11.4. The second-order valence-electron chi connectivity index (χ2n) is 10.2. The van der Waals surface area contributed by atoms with Crippen molar-refractivity contribution >= 4 is 43.1 Å². The third-order valence-electron chi connectivity index (χ3n) is 7.36. The minimum atomic E-state index is -0.0182. The summed E-state index contributed by atoms with van der Waals surface area (Å²) in [5, 5.41) is 10.6. The molecule has 0 nitrogen and oxygen atoms in total. The van der Waals surface area contributed by atoms with Crippen molar-refractivity contribution in [1.29, 1.82) is 0 Å². The van der Waals surface area contributed by atoms with Gasteiger partial charge in [0.15, 0.2) is 0 Å². The van der Waals surface area contributed by atoms with E-state index in [2.05, 4.69) is 125 Å². The normalized spacial score (nSPS) is 12.5. The Hall–Kier alpha value is -3.64. The number of benzene rings is 6. The van der Waals surface area contributed by atoms with Crippen LogP contribution in [-0.2, 0) is 5.41 Å². The number of hydrogen-bond donors (Lipinski definition) is 0. The molecule has 6 aromatic rings. The lowest BCUT2D eigenvalue weighted by atomic mass is 9.81. The van der Waals surface area contributed by atoms with E-state index < -0.39 is 0 Å². The largest absolute Gasteiger partial charge is 0.0683 e. The van der Waals surface area contributed by atoms with E-state index >= 15 is 0 Å². The van der Waals surface area contributed by atoms with Gasteiger partial charge in [0, 0.05) is 5.41 Å². The Labute approximate surface area is 229 Å². The molecule has 7 rings (SSSR count). The Bertz CT molecular complexity index is 1710. The topological polar surface area (TPSA) is 0 Å². The van der Waals surface area contributed by atoms with Gasteiger partial charge in [-0.3, -0.25) is 0 Å². The van der Waals surface area contributed by atoms with Gasteiger partial charge in [0.05, 0.1) is 0 Å². The van der Waals surface area contributed by atoms with Crippen LogP contribution in [0.3, 0.4) is 0 Å². The molecule has 0 atom stereocenters. The summed E-state index contributed by atoms with van der Waals surface area (Å²) in [4.78, 5) is 0. The van der Waals surface area contributed by atoms with Crippen LogP contribution in [0.5, 0.6) is 0 Å². The quantitative estimate of drug-likeness (QED) is 0.144. The number of fused-ring (bicyclic) bond motifs is 8. The molecule has 0 spiro atoms. The predicted molar refractivity (Wildman–Crippen MR) is 173 cm³/mol. The van der Waals surface area contributed by atoms with Gasteiger partial charge in [0.1, 0.15) is 0 Å². The molecule has 0 saturated heterocycles. The van der Waals surface area contributed by atoms with Gasteiger partial charge in [0.25, 0.3) is 0 Å². The first-order chi connectivity index (χ1) is 18.5. The van der Waals surface area contributed by atoms with E-state index in [0.29, 0.717) is 0 Å². The molecule has 0 bridgehead atoms. The summed E-state index contributed by atoms with van der Waals surface area (Å²) in [6, 6.07) is 36.3. The van der Waals surface area contributed by atoms with Crippen molar-refractivity contribution in [3.05, 3.63) is 108 Å². The summed E-state index contributed by atoms with van der Waals surface area (Å²) in [6.45, 7) is 17.0. The molecular weight excluding hydrogens is 456 g/mol. The van der Waals surface area contributed by atoms with E-state index in [1.54, 1.807) is 0 Å². The highest BCUT2D eigenvalue weighted by atomic mass is 14.4. The van der Waals surface area contributed by atoms with E-state index in [9.17, 15) is 0 Å². The smallest absolute Gasteiger partial charge is 0.0159 e. The Morgan fingerprint density at radius 3 is 1.50 bits per heavy atom. The molecule has 0 saturated carbocycles. The van der Waals surface area contributed by atoms with Gasteiger partial charge in [-0.15, -0.1) is 0 Å². The summed E-state index contributed by atoms with van der Waals surface area (Å²) in [7, 11) is 0. The lowest BCUT2D eigenvalue weighted by Gasteiger charge is -2.22. The summed E-state index contributed by atoms with van der Waals surface area (Å²) in [6.07, 6.45) is 1.25. The minimum Gasteiger partial charge on any atom is -0.0683 e. The van der Waals surface area contributed by atoms with Gasteiger partial charge in [-0.1, -0.05) is 122 Å². The predicted octanol–water partition coefficient (Wildman–Crippen LogP) is 12.1. The van der Waals surface area contributed by atoms with Crippen molar-refractivity contribution in [2.75, 3.05) is 0 Å². The van der Waals surface area contributed by atoms with E-state index in [1.165, 1.54) is 71.8 Å². The van der Waals surface area contributed by atoms with Crippen molar-refractivity contribution in [1.82, 2.24) is 0 Å². The van der Waals surface area contributed by atoms with Gasteiger partial charge in [-0.2, -0.15) is 0 Å². The molecule has 0 heterocycles. The SMILES string of the molecule is CC.CC.CC1(C)c2cc3cc4ccccc4cc3cc2-c2cc3ccc4ccccc4c3cc21.CCC. The van der Waals surface area contributed by atoms with E-state index in [4.69, 9.17) is 0 Å². The lowest BCUT2D eigenvalue weighted by Crippen LogP contribution is -2.14. The van der Waals surface area contributed by atoms with Crippen LogP contribution in [-0.4, -0.2) is 0 Å². The van der Waals surface area contributed by atoms with Gasteiger partial charge >= 0.3 is 0 Å². The minimum absolute atomic E-state index is 0.0182. The molecular formula is C38H42. The van der Waals surface area contributed by atoms with Crippen molar-refractivity contribution in [2.24, 2.45) is 0 Å². The molecule has 0 unspecified atom stereocenters. The average Bonchev–Trinajstić information content (AvgIpc) is 3.17. The highest BCUT2D eigenvalue weighted by molar-refractivity contribution is 6.10.